The van der Waals surface area contributed by atoms with Crippen molar-refractivity contribution in [2.24, 2.45) is 0 Å². The quantitative estimate of drug-likeness (QED) is 0.623. The van der Waals surface area contributed by atoms with E-state index in [1.165, 1.54) is 81.0 Å². The average Bonchev–Trinajstić information content (AvgIpc) is 2.88. The summed E-state index contributed by atoms with van der Waals surface area (Å²) in [5.74, 6) is 1.07. The fraction of sp³-hybridized carbons (Fsp3) is 0.655. The first kappa shape index (κ1) is 23.1. The number of piperidine rings is 2. The van der Waals surface area contributed by atoms with E-state index in [-0.39, 0.29) is 5.92 Å². The Bertz CT molecular complexity index is 909. The molecule has 1 unspecified atom stereocenters. The number of likely N-dealkylation sites (tertiary alicyclic amines) is 2. The first-order valence-electron chi connectivity index (χ1n) is 13.4. The number of hydrogen-bond donors (Lipinski definition) is 1. The van der Waals surface area contributed by atoms with Gasteiger partial charge >= 0.3 is 0 Å². The molecule has 0 amide bonds. The lowest BCUT2D eigenvalue weighted by atomic mass is 9.72. The third kappa shape index (κ3) is 5.23. The van der Waals surface area contributed by atoms with Crippen LogP contribution in [0.2, 0.25) is 0 Å². The number of methoxy groups -OCH3 is 1. The van der Waals surface area contributed by atoms with E-state index in [1.807, 2.05) is 6.07 Å². The number of rotatable bonds is 6. The van der Waals surface area contributed by atoms with Gasteiger partial charge in [-0.25, -0.2) is 0 Å². The molecule has 0 bridgehead atoms. The van der Waals surface area contributed by atoms with Gasteiger partial charge in [0.2, 0.25) is 0 Å². The molecule has 4 nitrogen and oxygen atoms in total. The molecule has 1 N–H and O–H groups in total. The molecule has 2 aromatic rings. The smallest absolute Gasteiger partial charge is 0.119 e. The van der Waals surface area contributed by atoms with E-state index >= 15 is 0 Å². The molecule has 2 aromatic carbocycles. The molecule has 0 aromatic heterocycles. The molecule has 1 saturated carbocycles. The van der Waals surface area contributed by atoms with E-state index in [0.717, 1.165) is 44.0 Å². The summed E-state index contributed by atoms with van der Waals surface area (Å²) in [7, 11) is 1.72. The summed E-state index contributed by atoms with van der Waals surface area (Å²) in [5.41, 5.74) is 0.720. The molecule has 0 radical (unpaired) electrons. The summed E-state index contributed by atoms with van der Waals surface area (Å²) in [6.45, 7) is 5.91. The van der Waals surface area contributed by atoms with Crippen molar-refractivity contribution in [1.29, 1.82) is 0 Å². The highest BCUT2D eigenvalue weighted by Gasteiger charge is 2.40. The Kier molecular flexibility index (Phi) is 7.24. The minimum Gasteiger partial charge on any atom is -0.497 e. The number of ether oxygens (including phenoxy) is 1. The molecule has 180 valence electrons. The normalized spacial score (nSPS) is 24.1. The van der Waals surface area contributed by atoms with Gasteiger partial charge in [-0.1, -0.05) is 49.9 Å². The molecule has 3 aliphatic rings. The molecule has 1 atom stereocenters. The highest BCUT2D eigenvalue weighted by molar-refractivity contribution is 5.84. The van der Waals surface area contributed by atoms with E-state index in [2.05, 4.69) is 40.1 Å². The Balaban J connectivity index is 1.34. The monoisotopic (exact) mass is 450 g/mol. The van der Waals surface area contributed by atoms with Crippen molar-refractivity contribution in [3.63, 3.8) is 0 Å². The van der Waals surface area contributed by atoms with Crippen LogP contribution in [0.25, 0.3) is 10.8 Å². The SMILES string of the molecule is COc1ccc2cc(C(CN3CCC(N4CCCCC4)CC3)C3(O)CCCCC3)ccc2c1. The standard InChI is InChI=1S/C29H42N2O2/c1-33-27-11-10-23-20-25(9-8-24(23)21-27)28(29(32)14-4-2-5-15-29)22-30-18-12-26(13-19-30)31-16-6-3-7-17-31/h8-11,20-21,26,28,32H,2-7,12-19,22H2,1H3. The molecule has 33 heavy (non-hydrogen) atoms. The zero-order valence-corrected chi connectivity index (χ0v) is 20.5. The van der Waals surface area contributed by atoms with Crippen LogP contribution in [0, 0.1) is 0 Å². The second-order valence-electron chi connectivity index (χ2n) is 10.8. The van der Waals surface area contributed by atoms with Gasteiger partial charge in [0.15, 0.2) is 0 Å². The van der Waals surface area contributed by atoms with Gasteiger partial charge in [-0.05, 0) is 93.2 Å². The molecule has 5 rings (SSSR count). The van der Waals surface area contributed by atoms with Crippen LogP contribution >= 0.6 is 0 Å². The molecular formula is C29H42N2O2. The zero-order chi connectivity index (χ0) is 22.7. The summed E-state index contributed by atoms with van der Waals surface area (Å²) >= 11 is 0. The van der Waals surface area contributed by atoms with Gasteiger partial charge in [0.05, 0.1) is 12.7 Å². The molecule has 2 saturated heterocycles. The summed E-state index contributed by atoms with van der Waals surface area (Å²) < 4.78 is 5.41. The molecule has 1 aliphatic carbocycles. The largest absolute Gasteiger partial charge is 0.497 e. The van der Waals surface area contributed by atoms with Crippen LogP contribution in [0.4, 0.5) is 0 Å². The van der Waals surface area contributed by atoms with E-state index < -0.39 is 5.60 Å². The van der Waals surface area contributed by atoms with Gasteiger partial charge in [-0.3, -0.25) is 0 Å². The van der Waals surface area contributed by atoms with Crippen LogP contribution in [0.5, 0.6) is 5.75 Å². The van der Waals surface area contributed by atoms with Crippen LogP contribution in [-0.2, 0) is 0 Å². The minimum absolute atomic E-state index is 0.177. The lowest BCUT2D eigenvalue weighted by Gasteiger charge is -2.45. The van der Waals surface area contributed by atoms with Crippen molar-refractivity contribution >= 4 is 10.8 Å². The third-order valence-electron chi connectivity index (χ3n) is 8.75. The lowest BCUT2D eigenvalue weighted by molar-refractivity contribution is -0.0343. The Labute approximate surface area is 199 Å². The van der Waals surface area contributed by atoms with E-state index in [1.54, 1.807) is 7.11 Å². The van der Waals surface area contributed by atoms with Crippen molar-refractivity contribution in [3.8, 4) is 5.75 Å². The summed E-state index contributed by atoms with van der Waals surface area (Å²) in [6, 6.07) is 13.9. The Morgan fingerprint density at radius 3 is 2.27 bits per heavy atom. The number of hydrogen-bond acceptors (Lipinski definition) is 4. The molecule has 3 fully saturated rings. The average molecular weight is 451 g/mol. The highest BCUT2D eigenvalue weighted by Crippen LogP contribution is 2.41. The maximum absolute atomic E-state index is 11.9. The third-order valence-corrected chi connectivity index (χ3v) is 8.75. The number of nitrogens with zero attached hydrogens (tertiary/aromatic N) is 2. The van der Waals surface area contributed by atoms with Gasteiger partial charge in [0, 0.05) is 18.5 Å². The fourth-order valence-electron chi connectivity index (χ4n) is 6.69. The Hall–Kier alpha value is -1.62. The van der Waals surface area contributed by atoms with Crippen LogP contribution in [0.1, 0.15) is 75.7 Å². The zero-order valence-electron chi connectivity index (χ0n) is 20.5. The molecule has 4 heteroatoms. The molecule has 0 spiro atoms. The number of aliphatic hydroxyl groups is 1. The second kappa shape index (κ2) is 10.3. The van der Waals surface area contributed by atoms with Crippen LogP contribution in [-0.4, -0.2) is 66.4 Å². The molecule has 2 heterocycles. The topological polar surface area (TPSA) is 35.9 Å². The van der Waals surface area contributed by atoms with Gasteiger partial charge in [0.25, 0.3) is 0 Å². The van der Waals surface area contributed by atoms with Gasteiger partial charge in [-0.2, -0.15) is 0 Å². The van der Waals surface area contributed by atoms with Gasteiger partial charge in [0.1, 0.15) is 5.75 Å². The molecule has 2 aliphatic heterocycles. The van der Waals surface area contributed by atoms with Crippen LogP contribution in [0.3, 0.4) is 0 Å². The Morgan fingerprint density at radius 2 is 1.55 bits per heavy atom. The van der Waals surface area contributed by atoms with Crippen molar-refractivity contribution in [2.75, 3.05) is 39.8 Å². The summed E-state index contributed by atoms with van der Waals surface area (Å²) in [6.07, 6.45) is 12.1. The van der Waals surface area contributed by atoms with Gasteiger partial charge in [-0.15, -0.1) is 0 Å². The summed E-state index contributed by atoms with van der Waals surface area (Å²) in [5, 5.41) is 14.3. The number of benzene rings is 2. The first-order valence-corrected chi connectivity index (χ1v) is 13.4. The predicted octanol–water partition coefficient (Wildman–Crippen LogP) is 5.58. The van der Waals surface area contributed by atoms with Crippen molar-refractivity contribution < 1.29 is 9.84 Å². The van der Waals surface area contributed by atoms with Crippen LogP contribution in [0.15, 0.2) is 36.4 Å². The van der Waals surface area contributed by atoms with Gasteiger partial charge < -0.3 is 19.6 Å². The van der Waals surface area contributed by atoms with Crippen molar-refractivity contribution in [2.45, 2.75) is 81.8 Å². The van der Waals surface area contributed by atoms with Crippen LogP contribution < -0.4 is 4.74 Å². The van der Waals surface area contributed by atoms with Crippen molar-refractivity contribution in [1.82, 2.24) is 9.80 Å². The Morgan fingerprint density at radius 1 is 0.879 bits per heavy atom. The lowest BCUT2D eigenvalue weighted by Crippen LogP contribution is -2.50. The summed E-state index contributed by atoms with van der Waals surface area (Å²) in [4.78, 5) is 5.40. The van der Waals surface area contributed by atoms with Crippen molar-refractivity contribution in [3.05, 3.63) is 42.0 Å². The maximum Gasteiger partial charge on any atom is 0.119 e. The maximum atomic E-state index is 11.9. The predicted molar refractivity (Wildman–Crippen MR) is 136 cm³/mol. The molecular weight excluding hydrogens is 408 g/mol. The fourth-order valence-corrected chi connectivity index (χ4v) is 6.69. The minimum atomic E-state index is -0.581. The van der Waals surface area contributed by atoms with E-state index in [4.69, 9.17) is 4.74 Å². The van der Waals surface area contributed by atoms with E-state index in [9.17, 15) is 5.11 Å². The first-order chi connectivity index (χ1) is 16.1. The number of fused-ring (bicyclic) bond motifs is 1. The highest BCUT2D eigenvalue weighted by atomic mass is 16.5. The van der Waals surface area contributed by atoms with E-state index in [0.29, 0.717) is 0 Å². The second-order valence-corrected chi connectivity index (χ2v) is 10.8.